The molecule has 0 atom stereocenters. The molecule has 0 aliphatic rings. The Bertz CT molecular complexity index is 1290. The summed E-state index contributed by atoms with van der Waals surface area (Å²) in [6.45, 7) is 0. The number of halogens is 2. The maximum atomic E-state index is 14.6. The number of aryl methyl sites for hydroxylation is 1. The lowest BCUT2D eigenvalue weighted by molar-refractivity contribution is -0.390. The summed E-state index contributed by atoms with van der Waals surface area (Å²) < 4.78 is 35.2. The van der Waals surface area contributed by atoms with Crippen LogP contribution in [-0.4, -0.2) is 31.8 Å². The zero-order chi connectivity index (χ0) is 21.4. The van der Waals surface area contributed by atoms with Crippen molar-refractivity contribution < 1.29 is 18.4 Å². The fourth-order valence-electron chi connectivity index (χ4n) is 3.03. The molecular formula is C19H14F2N6O3. The Labute approximate surface area is 168 Å². The van der Waals surface area contributed by atoms with Crippen LogP contribution in [0.4, 0.5) is 26.1 Å². The Hall–Kier alpha value is -4.15. The molecule has 0 saturated heterocycles. The van der Waals surface area contributed by atoms with Crippen LogP contribution in [0, 0.1) is 21.7 Å². The summed E-state index contributed by atoms with van der Waals surface area (Å²) in [6, 6.07) is 8.00. The van der Waals surface area contributed by atoms with Gasteiger partial charge in [-0.3, -0.25) is 14.8 Å². The first kappa shape index (κ1) is 19.2. The van der Waals surface area contributed by atoms with Gasteiger partial charge in [-0.05, 0) is 12.1 Å². The zero-order valence-corrected chi connectivity index (χ0v) is 15.8. The summed E-state index contributed by atoms with van der Waals surface area (Å²) in [6.07, 6.45) is 3.18. The molecule has 0 aliphatic carbocycles. The third-order valence-corrected chi connectivity index (χ3v) is 4.50. The van der Waals surface area contributed by atoms with Crippen molar-refractivity contribution in [3.63, 3.8) is 0 Å². The number of hydrogen-bond acceptors (Lipinski definition) is 7. The standard InChI is InChI=1S/C19H14F2N6O3/c1-26-14-7-10(3-4-11(14)9-23-26)13-5-6-22-19(24-13)25-17-15(30-2)8-12(20)18(16(17)21)27(28)29/h3-9H,1-2H3,(H,22,24,25). The fourth-order valence-corrected chi connectivity index (χ4v) is 3.03. The van der Waals surface area contributed by atoms with Crippen LogP contribution in [-0.2, 0) is 7.05 Å². The van der Waals surface area contributed by atoms with E-state index in [-0.39, 0.29) is 11.7 Å². The van der Waals surface area contributed by atoms with Gasteiger partial charge in [-0.25, -0.2) is 9.97 Å². The van der Waals surface area contributed by atoms with Crippen molar-refractivity contribution >= 4 is 28.2 Å². The van der Waals surface area contributed by atoms with Crippen LogP contribution in [0.1, 0.15) is 0 Å². The van der Waals surface area contributed by atoms with E-state index in [0.29, 0.717) is 5.69 Å². The molecule has 152 valence electrons. The minimum Gasteiger partial charge on any atom is -0.494 e. The molecule has 0 radical (unpaired) electrons. The number of aromatic nitrogens is 4. The molecule has 30 heavy (non-hydrogen) atoms. The summed E-state index contributed by atoms with van der Waals surface area (Å²) in [5.41, 5.74) is 0.434. The summed E-state index contributed by atoms with van der Waals surface area (Å²) in [7, 11) is 3.00. The first-order valence-corrected chi connectivity index (χ1v) is 8.61. The number of anilines is 2. The van der Waals surface area contributed by atoms with Gasteiger partial charge in [0, 0.05) is 30.3 Å². The average Bonchev–Trinajstić information content (AvgIpc) is 3.10. The summed E-state index contributed by atoms with van der Waals surface area (Å²) in [4.78, 5) is 18.2. The normalized spacial score (nSPS) is 10.9. The van der Waals surface area contributed by atoms with Crippen molar-refractivity contribution in [3.05, 3.63) is 64.5 Å². The largest absolute Gasteiger partial charge is 0.494 e. The van der Waals surface area contributed by atoms with Gasteiger partial charge < -0.3 is 10.1 Å². The fraction of sp³-hybridized carbons (Fsp3) is 0.105. The Morgan fingerprint density at radius 1 is 1.23 bits per heavy atom. The molecule has 0 fully saturated rings. The molecule has 9 nitrogen and oxygen atoms in total. The third-order valence-electron chi connectivity index (χ3n) is 4.50. The van der Waals surface area contributed by atoms with Gasteiger partial charge in [0.15, 0.2) is 0 Å². The topological polar surface area (TPSA) is 108 Å². The van der Waals surface area contributed by atoms with E-state index in [4.69, 9.17) is 4.74 Å². The van der Waals surface area contributed by atoms with Crippen molar-refractivity contribution in [1.82, 2.24) is 19.7 Å². The Morgan fingerprint density at radius 3 is 2.77 bits per heavy atom. The highest BCUT2D eigenvalue weighted by atomic mass is 19.1. The second-order valence-electron chi connectivity index (χ2n) is 6.29. The molecule has 0 aliphatic heterocycles. The van der Waals surface area contributed by atoms with Crippen LogP contribution in [0.2, 0.25) is 0 Å². The van der Waals surface area contributed by atoms with Gasteiger partial charge in [0.1, 0.15) is 11.4 Å². The van der Waals surface area contributed by atoms with E-state index in [1.165, 1.54) is 13.3 Å². The second kappa shape index (κ2) is 7.35. The van der Waals surface area contributed by atoms with Crippen molar-refractivity contribution in [2.45, 2.75) is 0 Å². The molecule has 2 heterocycles. The molecule has 0 unspecified atom stereocenters. The highest BCUT2D eigenvalue weighted by Gasteiger charge is 2.28. The highest BCUT2D eigenvalue weighted by Crippen LogP contribution is 2.37. The quantitative estimate of drug-likeness (QED) is 0.390. The van der Waals surface area contributed by atoms with E-state index in [0.717, 1.165) is 22.5 Å². The number of nitro groups is 1. The van der Waals surface area contributed by atoms with E-state index >= 15 is 0 Å². The molecule has 2 aromatic carbocycles. The van der Waals surface area contributed by atoms with Crippen LogP contribution in [0.15, 0.2) is 42.7 Å². The van der Waals surface area contributed by atoms with Crippen molar-refractivity contribution in [3.8, 4) is 17.0 Å². The number of hydrogen-bond donors (Lipinski definition) is 1. The first-order valence-electron chi connectivity index (χ1n) is 8.61. The van der Waals surface area contributed by atoms with Crippen molar-refractivity contribution in [2.24, 2.45) is 7.05 Å². The van der Waals surface area contributed by atoms with Gasteiger partial charge in [-0.2, -0.15) is 13.9 Å². The lowest BCUT2D eigenvalue weighted by Crippen LogP contribution is -2.06. The average molecular weight is 412 g/mol. The molecule has 0 amide bonds. The number of nitrogens with zero attached hydrogens (tertiary/aromatic N) is 5. The maximum Gasteiger partial charge on any atom is 0.342 e. The molecule has 0 spiro atoms. The van der Waals surface area contributed by atoms with E-state index in [2.05, 4.69) is 20.4 Å². The number of nitro benzene ring substituents is 1. The number of fused-ring (bicyclic) bond motifs is 1. The number of benzene rings is 2. The van der Waals surface area contributed by atoms with E-state index in [1.54, 1.807) is 16.9 Å². The van der Waals surface area contributed by atoms with Crippen LogP contribution < -0.4 is 10.1 Å². The lowest BCUT2D eigenvalue weighted by Gasteiger charge is -2.12. The molecule has 0 saturated carbocycles. The third kappa shape index (κ3) is 3.26. The summed E-state index contributed by atoms with van der Waals surface area (Å²) >= 11 is 0. The predicted octanol–water partition coefficient (Wildman–Crippen LogP) is 3.97. The van der Waals surface area contributed by atoms with Crippen molar-refractivity contribution in [2.75, 3.05) is 12.4 Å². The molecule has 0 bridgehead atoms. The number of rotatable bonds is 5. The van der Waals surface area contributed by atoms with Crippen LogP contribution in [0.3, 0.4) is 0 Å². The Morgan fingerprint density at radius 2 is 2.03 bits per heavy atom. The van der Waals surface area contributed by atoms with E-state index in [9.17, 15) is 18.9 Å². The monoisotopic (exact) mass is 412 g/mol. The SMILES string of the molecule is COc1cc(F)c([N+](=O)[O-])c(F)c1Nc1nccc(-c2ccc3cnn(C)c3c2)n1. The van der Waals surface area contributed by atoms with Gasteiger partial charge in [-0.15, -0.1) is 0 Å². The maximum absolute atomic E-state index is 14.6. The smallest absolute Gasteiger partial charge is 0.342 e. The number of methoxy groups -OCH3 is 1. The minimum absolute atomic E-state index is 0.0456. The highest BCUT2D eigenvalue weighted by molar-refractivity contribution is 5.83. The Balaban J connectivity index is 1.75. The molecule has 4 aromatic rings. The molecule has 11 heteroatoms. The first-order chi connectivity index (χ1) is 14.4. The van der Waals surface area contributed by atoms with Gasteiger partial charge in [0.05, 0.1) is 29.4 Å². The molecule has 1 N–H and O–H groups in total. The zero-order valence-electron chi connectivity index (χ0n) is 15.8. The van der Waals surface area contributed by atoms with Gasteiger partial charge >= 0.3 is 5.69 Å². The summed E-state index contributed by atoms with van der Waals surface area (Å²) in [5.74, 6) is -3.07. The number of nitrogens with one attached hydrogen (secondary N) is 1. The molecule has 4 rings (SSSR count). The van der Waals surface area contributed by atoms with Crippen LogP contribution in [0.5, 0.6) is 5.75 Å². The van der Waals surface area contributed by atoms with Crippen LogP contribution >= 0.6 is 0 Å². The minimum atomic E-state index is -1.41. The van der Waals surface area contributed by atoms with Gasteiger partial charge in [0.25, 0.3) is 0 Å². The van der Waals surface area contributed by atoms with Crippen LogP contribution in [0.25, 0.3) is 22.2 Å². The predicted molar refractivity (Wildman–Crippen MR) is 105 cm³/mol. The van der Waals surface area contributed by atoms with Gasteiger partial charge in [-0.1, -0.05) is 12.1 Å². The summed E-state index contributed by atoms with van der Waals surface area (Å²) in [5, 5.41) is 18.7. The second-order valence-corrected chi connectivity index (χ2v) is 6.29. The van der Waals surface area contributed by atoms with Crippen molar-refractivity contribution in [1.29, 1.82) is 0 Å². The van der Waals surface area contributed by atoms with Gasteiger partial charge in [0.2, 0.25) is 17.6 Å². The lowest BCUT2D eigenvalue weighted by atomic mass is 10.1. The molecular weight excluding hydrogens is 398 g/mol. The Kier molecular flexibility index (Phi) is 4.70. The molecule has 2 aromatic heterocycles. The van der Waals surface area contributed by atoms with E-state index in [1.807, 2.05) is 25.2 Å². The van der Waals surface area contributed by atoms with E-state index < -0.39 is 27.9 Å². The number of ether oxygens (including phenoxy) is 1.